The first-order valence-corrected chi connectivity index (χ1v) is 9.90. The van der Waals surface area contributed by atoms with Crippen molar-refractivity contribution < 1.29 is 13.6 Å². The number of imidazole rings is 1. The quantitative estimate of drug-likeness (QED) is 0.653. The molecule has 2 heterocycles. The van der Waals surface area contributed by atoms with E-state index in [1.54, 1.807) is 10.5 Å². The van der Waals surface area contributed by atoms with Crippen molar-refractivity contribution in [3.8, 4) is 0 Å². The Labute approximate surface area is 168 Å². The molecule has 1 aliphatic rings. The van der Waals surface area contributed by atoms with Crippen LogP contribution in [0, 0.1) is 6.92 Å². The summed E-state index contributed by atoms with van der Waals surface area (Å²) in [5.41, 5.74) is 2.03. The number of pyridine rings is 1. The van der Waals surface area contributed by atoms with Crippen LogP contribution in [-0.2, 0) is 0 Å². The highest BCUT2D eigenvalue weighted by molar-refractivity contribution is 5.94. The van der Waals surface area contributed by atoms with Crippen molar-refractivity contribution in [1.82, 2.24) is 14.7 Å². The van der Waals surface area contributed by atoms with Crippen LogP contribution >= 0.6 is 0 Å². The van der Waals surface area contributed by atoms with Crippen molar-refractivity contribution in [2.45, 2.75) is 51.1 Å². The first-order chi connectivity index (χ1) is 14.0. The minimum Gasteiger partial charge on any atom is -0.368 e. The molecule has 2 N–H and O–H groups in total. The number of rotatable bonds is 5. The highest BCUT2D eigenvalue weighted by Crippen LogP contribution is 2.25. The van der Waals surface area contributed by atoms with Crippen molar-refractivity contribution in [2.24, 2.45) is 0 Å². The molecule has 1 saturated carbocycles. The first kappa shape index (κ1) is 19.4. The number of alkyl halides is 2. The van der Waals surface area contributed by atoms with Gasteiger partial charge in [0.2, 0.25) is 0 Å². The second-order valence-electron chi connectivity index (χ2n) is 7.64. The maximum absolute atomic E-state index is 13.0. The Balaban J connectivity index is 1.35. The van der Waals surface area contributed by atoms with Gasteiger partial charge >= 0.3 is 0 Å². The fourth-order valence-corrected chi connectivity index (χ4v) is 3.90. The maximum Gasteiger partial charge on any atom is 0.281 e. The standard InChI is InChI=1S/C22H24F2N4O/c1-14-4-2-5-15(12-14)22(29)26-17-10-8-16(9-11-17)25-19-6-3-7-20-27-18(21(23)24)13-28(19)20/h2-7,12-13,16-17,21,25H,8-11H2,1H3,(H,26,29)/t16-,17+. The monoisotopic (exact) mass is 398 g/mol. The lowest BCUT2D eigenvalue weighted by atomic mass is 9.91. The fraction of sp³-hybridized carbons (Fsp3) is 0.364. The summed E-state index contributed by atoms with van der Waals surface area (Å²) >= 11 is 0. The molecule has 2 aromatic heterocycles. The number of benzene rings is 1. The van der Waals surface area contributed by atoms with Gasteiger partial charge in [0.05, 0.1) is 0 Å². The number of halogens is 2. The van der Waals surface area contributed by atoms with Crippen LogP contribution in [0.3, 0.4) is 0 Å². The zero-order valence-electron chi connectivity index (χ0n) is 16.2. The minimum atomic E-state index is -2.59. The third kappa shape index (κ3) is 4.39. The third-order valence-corrected chi connectivity index (χ3v) is 5.43. The number of fused-ring (bicyclic) bond motifs is 1. The molecule has 1 aliphatic carbocycles. The van der Waals surface area contributed by atoms with Gasteiger partial charge in [0.15, 0.2) is 0 Å². The minimum absolute atomic E-state index is 0.0344. The van der Waals surface area contributed by atoms with E-state index in [9.17, 15) is 13.6 Å². The number of carbonyl (C=O) groups excluding carboxylic acids is 1. The Kier molecular flexibility index (Phi) is 5.47. The van der Waals surface area contributed by atoms with Crippen LogP contribution in [0.2, 0.25) is 0 Å². The van der Waals surface area contributed by atoms with Crippen LogP contribution in [0.4, 0.5) is 14.6 Å². The Hall–Kier alpha value is -2.96. The van der Waals surface area contributed by atoms with E-state index in [-0.39, 0.29) is 23.7 Å². The summed E-state index contributed by atoms with van der Waals surface area (Å²) in [6.45, 7) is 1.97. The first-order valence-electron chi connectivity index (χ1n) is 9.90. The van der Waals surface area contributed by atoms with Gasteiger partial charge in [0.1, 0.15) is 17.2 Å². The molecule has 1 aromatic carbocycles. The summed E-state index contributed by atoms with van der Waals surface area (Å²) in [5, 5.41) is 6.58. The van der Waals surface area contributed by atoms with Crippen molar-refractivity contribution in [1.29, 1.82) is 0 Å². The summed E-state index contributed by atoms with van der Waals surface area (Å²) in [6.07, 6.45) is 2.33. The summed E-state index contributed by atoms with van der Waals surface area (Å²) in [6, 6.07) is 13.4. The average Bonchev–Trinajstić information content (AvgIpc) is 3.15. The highest BCUT2D eigenvalue weighted by atomic mass is 19.3. The molecule has 0 aliphatic heterocycles. The molecule has 4 rings (SSSR count). The maximum atomic E-state index is 13.0. The summed E-state index contributed by atoms with van der Waals surface area (Å²) < 4.78 is 27.6. The van der Waals surface area contributed by atoms with Gasteiger partial charge in [-0.05, 0) is 56.9 Å². The molecule has 0 unspecified atom stereocenters. The van der Waals surface area contributed by atoms with E-state index < -0.39 is 6.43 Å². The van der Waals surface area contributed by atoms with Gasteiger partial charge in [-0.15, -0.1) is 0 Å². The molecular weight excluding hydrogens is 374 g/mol. The van der Waals surface area contributed by atoms with E-state index in [0.29, 0.717) is 11.2 Å². The number of amides is 1. The van der Waals surface area contributed by atoms with Crippen molar-refractivity contribution >= 4 is 17.4 Å². The zero-order valence-corrected chi connectivity index (χ0v) is 16.2. The Bertz CT molecular complexity index is 1010. The van der Waals surface area contributed by atoms with Gasteiger partial charge in [-0.1, -0.05) is 23.8 Å². The number of aryl methyl sites for hydroxylation is 1. The average molecular weight is 398 g/mol. The van der Waals surface area contributed by atoms with Gasteiger partial charge in [0, 0.05) is 23.8 Å². The van der Waals surface area contributed by atoms with Crippen molar-refractivity contribution in [2.75, 3.05) is 5.32 Å². The van der Waals surface area contributed by atoms with E-state index in [2.05, 4.69) is 15.6 Å². The highest BCUT2D eigenvalue weighted by Gasteiger charge is 2.23. The molecule has 0 atom stereocenters. The summed E-state index contributed by atoms with van der Waals surface area (Å²) in [5.74, 6) is 0.724. The van der Waals surface area contributed by atoms with Gasteiger partial charge in [0.25, 0.3) is 12.3 Å². The van der Waals surface area contributed by atoms with Crippen LogP contribution in [0.25, 0.3) is 5.65 Å². The molecule has 152 valence electrons. The third-order valence-electron chi connectivity index (χ3n) is 5.43. The molecule has 0 spiro atoms. The van der Waals surface area contributed by atoms with Crippen LogP contribution in [0.15, 0.2) is 48.7 Å². The Morgan fingerprint density at radius 2 is 1.83 bits per heavy atom. The number of anilines is 1. The number of nitrogens with zero attached hydrogens (tertiary/aromatic N) is 2. The van der Waals surface area contributed by atoms with Gasteiger partial charge < -0.3 is 10.6 Å². The lowest BCUT2D eigenvalue weighted by molar-refractivity contribution is 0.0926. The van der Waals surface area contributed by atoms with Crippen LogP contribution in [0.1, 0.15) is 53.7 Å². The Morgan fingerprint density at radius 1 is 1.10 bits per heavy atom. The zero-order chi connectivity index (χ0) is 20.4. The molecule has 1 fully saturated rings. The van der Waals surface area contributed by atoms with Crippen LogP contribution in [-0.4, -0.2) is 27.4 Å². The fourth-order valence-electron chi connectivity index (χ4n) is 3.90. The molecule has 0 saturated heterocycles. The van der Waals surface area contributed by atoms with E-state index in [0.717, 1.165) is 37.1 Å². The predicted octanol–water partition coefficient (Wildman–Crippen LogP) is 4.73. The van der Waals surface area contributed by atoms with Crippen LogP contribution < -0.4 is 10.6 Å². The molecule has 3 aromatic rings. The predicted molar refractivity (Wildman–Crippen MR) is 108 cm³/mol. The second kappa shape index (κ2) is 8.19. The number of hydrogen-bond acceptors (Lipinski definition) is 3. The number of carbonyl (C=O) groups is 1. The van der Waals surface area contributed by atoms with E-state index >= 15 is 0 Å². The summed E-state index contributed by atoms with van der Waals surface area (Å²) in [4.78, 5) is 16.4. The molecule has 0 radical (unpaired) electrons. The number of hydrogen-bond donors (Lipinski definition) is 2. The van der Waals surface area contributed by atoms with Gasteiger partial charge in [-0.2, -0.15) is 0 Å². The number of nitrogens with one attached hydrogen (secondary N) is 2. The van der Waals surface area contributed by atoms with Crippen molar-refractivity contribution in [3.05, 3.63) is 65.5 Å². The summed E-state index contributed by atoms with van der Waals surface area (Å²) in [7, 11) is 0. The molecule has 7 heteroatoms. The molecule has 0 bridgehead atoms. The lowest BCUT2D eigenvalue weighted by Crippen LogP contribution is -2.40. The smallest absolute Gasteiger partial charge is 0.281 e. The normalized spacial score (nSPS) is 19.4. The SMILES string of the molecule is Cc1cccc(C(=O)N[C@H]2CC[C@@H](Nc3cccc4nc(C(F)F)cn34)CC2)c1. The number of aromatic nitrogens is 2. The lowest BCUT2D eigenvalue weighted by Gasteiger charge is -2.30. The van der Waals surface area contributed by atoms with Crippen molar-refractivity contribution in [3.63, 3.8) is 0 Å². The molecule has 29 heavy (non-hydrogen) atoms. The molecular formula is C22H24F2N4O. The largest absolute Gasteiger partial charge is 0.368 e. The van der Waals surface area contributed by atoms with Gasteiger partial charge in [-0.25, -0.2) is 13.8 Å². The van der Waals surface area contributed by atoms with Gasteiger partial charge in [-0.3, -0.25) is 9.20 Å². The van der Waals surface area contributed by atoms with E-state index in [4.69, 9.17) is 0 Å². The van der Waals surface area contributed by atoms with Crippen LogP contribution in [0.5, 0.6) is 0 Å². The molecule has 1 amide bonds. The Morgan fingerprint density at radius 3 is 2.55 bits per heavy atom. The molecule has 5 nitrogen and oxygen atoms in total. The van der Waals surface area contributed by atoms with E-state index in [1.807, 2.05) is 43.3 Å². The van der Waals surface area contributed by atoms with E-state index in [1.165, 1.54) is 6.20 Å². The topological polar surface area (TPSA) is 58.4 Å². The second-order valence-corrected chi connectivity index (χ2v) is 7.64.